The van der Waals surface area contributed by atoms with Crippen LogP contribution in [-0.4, -0.2) is 4.98 Å². The number of benzene rings is 2. The van der Waals surface area contributed by atoms with Crippen molar-refractivity contribution in [2.24, 2.45) is 0 Å². The molecule has 1 N–H and O–H groups in total. The first-order valence-corrected chi connectivity index (χ1v) is 6.45. The van der Waals surface area contributed by atoms with Crippen molar-refractivity contribution in [3.05, 3.63) is 60.3 Å². The van der Waals surface area contributed by atoms with Gasteiger partial charge in [-0.2, -0.15) is 0 Å². The molecule has 0 aliphatic carbocycles. The number of hydrogen-bond acceptors (Lipinski definition) is 1. The zero-order chi connectivity index (χ0) is 11.7. The molecule has 1 heterocycles. The molecule has 0 aliphatic heterocycles. The number of aromatic amines is 1. The number of fused-ring (bicyclic) bond motifs is 1. The van der Waals surface area contributed by atoms with Crippen LogP contribution in [0.15, 0.2) is 64.5 Å². The van der Waals surface area contributed by atoms with Gasteiger partial charge in [0, 0.05) is 26.9 Å². The number of nitrogens with one attached hydrogen (secondary N) is 1. The third kappa shape index (κ3) is 2.08. The Morgan fingerprint density at radius 1 is 1.00 bits per heavy atom. The Hall–Kier alpha value is -1.67. The molecule has 0 amide bonds. The molecule has 0 fully saturated rings. The highest BCUT2D eigenvalue weighted by Crippen LogP contribution is 2.33. The van der Waals surface area contributed by atoms with E-state index in [0.29, 0.717) is 0 Å². The van der Waals surface area contributed by atoms with Crippen molar-refractivity contribution in [3.8, 4) is 0 Å². The molecule has 0 unspecified atom stereocenters. The van der Waals surface area contributed by atoms with Gasteiger partial charge in [-0.15, -0.1) is 0 Å². The molecule has 17 heavy (non-hydrogen) atoms. The molecule has 0 bridgehead atoms. The van der Waals surface area contributed by atoms with E-state index in [2.05, 4.69) is 60.6 Å². The fourth-order valence-electron chi connectivity index (χ4n) is 1.91. The zero-order valence-corrected chi connectivity index (χ0v) is 10.4. The lowest BCUT2D eigenvalue weighted by molar-refractivity contribution is 1.39. The smallest absolute Gasteiger partial charge is 0.0465 e. The molecule has 3 rings (SSSR count). The Morgan fingerprint density at radius 2 is 1.82 bits per heavy atom. The van der Waals surface area contributed by atoms with E-state index in [1.165, 1.54) is 26.3 Å². The second-order valence-electron chi connectivity index (χ2n) is 4.12. The van der Waals surface area contributed by atoms with Crippen molar-refractivity contribution in [2.45, 2.75) is 16.7 Å². The van der Waals surface area contributed by atoms with Crippen LogP contribution in [0.2, 0.25) is 0 Å². The van der Waals surface area contributed by atoms with Crippen molar-refractivity contribution in [2.75, 3.05) is 0 Å². The summed E-state index contributed by atoms with van der Waals surface area (Å²) in [6.07, 6.45) is 2.09. The Bertz CT molecular complexity index is 640. The predicted octanol–water partition coefficient (Wildman–Crippen LogP) is 4.63. The summed E-state index contributed by atoms with van der Waals surface area (Å²) in [5, 5.41) is 1.30. The molecule has 0 spiro atoms. The highest BCUT2D eigenvalue weighted by Gasteiger charge is 2.05. The minimum absolute atomic E-state index is 1.20. The lowest BCUT2D eigenvalue weighted by Gasteiger charge is -2.00. The van der Waals surface area contributed by atoms with Gasteiger partial charge in [0.05, 0.1) is 0 Å². The van der Waals surface area contributed by atoms with Crippen LogP contribution in [0.1, 0.15) is 5.56 Å². The summed E-state index contributed by atoms with van der Waals surface area (Å²) >= 11 is 1.80. The van der Waals surface area contributed by atoms with Gasteiger partial charge in [-0.25, -0.2) is 0 Å². The van der Waals surface area contributed by atoms with E-state index in [-0.39, 0.29) is 0 Å². The fourth-order valence-corrected chi connectivity index (χ4v) is 2.85. The normalized spacial score (nSPS) is 10.9. The molecular weight excluding hydrogens is 226 g/mol. The largest absolute Gasteiger partial charge is 0.360 e. The molecule has 3 aromatic rings. The molecule has 0 atom stereocenters. The zero-order valence-electron chi connectivity index (χ0n) is 9.60. The van der Waals surface area contributed by atoms with Crippen molar-refractivity contribution in [1.29, 1.82) is 0 Å². The van der Waals surface area contributed by atoms with Gasteiger partial charge in [0.1, 0.15) is 0 Å². The molecule has 2 heteroatoms. The van der Waals surface area contributed by atoms with Crippen molar-refractivity contribution in [3.63, 3.8) is 0 Å². The van der Waals surface area contributed by atoms with Gasteiger partial charge in [-0.1, -0.05) is 41.6 Å². The Balaban J connectivity index is 2.03. The van der Waals surface area contributed by atoms with Gasteiger partial charge < -0.3 is 4.98 Å². The second kappa shape index (κ2) is 4.30. The van der Waals surface area contributed by atoms with Gasteiger partial charge in [-0.05, 0) is 31.2 Å². The highest BCUT2D eigenvalue weighted by atomic mass is 32.2. The van der Waals surface area contributed by atoms with E-state index in [4.69, 9.17) is 0 Å². The average molecular weight is 239 g/mol. The van der Waals surface area contributed by atoms with Crippen LogP contribution in [0.4, 0.5) is 0 Å². The van der Waals surface area contributed by atoms with E-state index in [1.54, 1.807) is 11.8 Å². The first kappa shape index (κ1) is 10.5. The number of hydrogen-bond donors (Lipinski definition) is 1. The minimum atomic E-state index is 1.20. The molecule has 0 aliphatic rings. The van der Waals surface area contributed by atoms with Crippen molar-refractivity contribution in [1.82, 2.24) is 4.98 Å². The maximum Gasteiger partial charge on any atom is 0.0465 e. The van der Waals surface area contributed by atoms with Crippen molar-refractivity contribution < 1.29 is 0 Å². The first-order chi connectivity index (χ1) is 8.33. The van der Waals surface area contributed by atoms with Gasteiger partial charge in [-0.3, -0.25) is 0 Å². The summed E-state index contributed by atoms with van der Waals surface area (Å²) in [6.45, 7) is 2.13. The Labute approximate surface area is 105 Å². The number of rotatable bonds is 2. The van der Waals surface area contributed by atoms with Crippen LogP contribution >= 0.6 is 11.8 Å². The average Bonchev–Trinajstić information content (AvgIpc) is 2.73. The maximum atomic E-state index is 3.31. The van der Waals surface area contributed by atoms with Gasteiger partial charge in [0.15, 0.2) is 0 Å². The summed E-state index contributed by atoms with van der Waals surface area (Å²) in [5.74, 6) is 0. The number of aromatic nitrogens is 1. The molecule has 0 radical (unpaired) electrons. The molecule has 0 saturated heterocycles. The topological polar surface area (TPSA) is 15.8 Å². The SMILES string of the molecule is Cc1ccc2[nH]cc(Sc3ccccc3)c2c1. The second-order valence-corrected chi connectivity index (χ2v) is 5.23. The standard InChI is InChI=1S/C15H13NS/c1-11-7-8-14-13(9-11)15(10-16-14)17-12-5-3-2-4-6-12/h2-10,16H,1H3. The van der Waals surface area contributed by atoms with Gasteiger partial charge in [0.2, 0.25) is 0 Å². The Kier molecular flexibility index (Phi) is 2.65. The third-order valence-corrected chi connectivity index (χ3v) is 3.84. The van der Waals surface area contributed by atoms with Gasteiger partial charge in [0.25, 0.3) is 0 Å². The monoisotopic (exact) mass is 239 g/mol. The van der Waals surface area contributed by atoms with Crippen LogP contribution < -0.4 is 0 Å². The Morgan fingerprint density at radius 3 is 2.65 bits per heavy atom. The lowest BCUT2D eigenvalue weighted by atomic mass is 10.2. The number of aryl methyl sites for hydroxylation is 1. The van der Waals surface area contributed by atoms with Crippen LogP contribution in [0, 0.1) is 6.92 Å². The molecule has 1 nitrogen and oxygen atoms in total. The number of H-pyrrole nitrogens is 1. The fraction of sp³-hybridized carbons (Fsp3) is 0.0667. The van der Waals surface area contributed by atoms with Gasteiger partial charge >= 0.3 is 0 Å². The van der Waals surface area contributed by atoms with Crippen LogP contribution in [0.25, 0.3) is 10.9 Å². The van der Waals surface area contributed by atoms with Crippen LogP contribution in [-0.2, 0) is 0 Å². The maximum absolute atomic E-state index is 3.31. The first-order valence-electron chi connectivity index (χ1n) is 5.63. The van der Waals surface area contributed by atoms with E-state index in [1.807, 2.05) is 6.07 Å². The predicted molar refractivity (Wildman–Crippen MR) is 73.6 cm³/mol. The quantitative estimate of drug-likeness (QED) is 0.689. The summed E-state index contributed by atoms with van der Waals surface area (Å²) < 4.78 is 0. The molecule has 2 aromatic carbocycles. The summed E-state index contributed by atoms with van der Waals surface area (Å²) in [5.41, 5.74) is 2.50. The van der Waals surface area contributed by atoms with Crippen LogP contribution in [0.5, 0.6) is 0 Å². The van der Waals surface area contributed by atoms with Crippen LogP contribution in [0.3, 0.4) is 0 Å². The van der Waals surface area contributed by atoms with E-state index >= 15 is 0 Å². The molecule has 84 valence electrons. The van der Waals surface area contributed by atoms with E-state index in [9.17, 15) is 0 Å². The highest BCUT2D eigenvalue weighted by molar-refractivity contribution is 7.99. The van der Waals surface area contributed by atoms with E-state index in [0.717, 1.165) is 0 Å². The summed E-state index contributed by atoms with van der Waals surface area (Å²) in [6, 6.07) is 17.0. The summed E-state index contributed by atoms with van der Waals surface area (Å²) in [4.78, 5) is 5.87. The van der Waals surface area contributed by atoms with Crippen molar-refractivity contribution >= 4 is 22.7 Å². The lowest BCUT2D eigenvalue weighted by Crippen LogP contribution is -1.73. The molecule has 0 saturated carbocycles. The molecule has 1 aromatic heterocycles. The van der Waals surface area contributed by atoms with E-state index < -0.39 is 0 Å². The molecular formula is C15H13NS. The third-order valence-electron chi connectivity index (χ3n) is 2.77. The summed E-state index contributed by atoms with van der Waals surface area (Å²) in [7, 11) is 0. The minimum Gasteiger partial charge on any atom is -0.360 e.